The summed E-state index contributed by atoms with van der Waals surface area (Å²) in [5.41, 5.74) is 0.436. The first-order chi connectivity index (χ1) is 6.39. The van der Waals surface area contributed by atoms with Gasteiger partial charge in [-0.2, -0.15) is 0 Å². The van der Waals surface area contributed by atoms with Crippen LogP contribution < -0.4 is 5.32 Å². The summed E-state index contributed by atoms with van der Waals surface area (Å²) in [5, 5.41) is 3.15. The van der Waals surface area contributed by atoms with Gasteiger partial charge >= 0.3 is 0 Å². The van der Waals surface area contributed by atoms with E-state index in [0.717, 1.165) is 18.4 Å². The molecule has 0 heterocycles. The van der Waals surface area contributed by atoms with Crippen molar-refractivity contribution in [3.8, 4) is 0 Å². The summed E-state index contributed by atoms with van der Waals surface area (Å²) in [5.74, 6) is 1.59. The van der Waals surface area contributed by atoms with Crippen molar-refractivity contribution in [3.63, 3.8) is 0 Å². The first-order valence-electron chi connectivity index (χ1n) is 5.74. The predicted octanol–water partition coefficient (Wildman–Crippen LogP) is 3.82. The normalized spacial score (nSPS) is 16.1. The molecule has 0 aromatic rings. The highest BCUT2D eigenvalue weighted by atomic mass is 14.8. The average molecular weight is 197 g/mol. The molecule has 0 aliphatic heterocycles. The molecule has 0 radical (unpaired) electrons. The molecule has 14 heavy (non-hydrogen) atoms. The zero-order valence-corrected chi connectivity index (χ0v) is 10.6. The highest BCUT2D eigenvalue weighted by Crippen LogP contribution is 2.33. The molecule has 0 rings (SSSR count). The lowest BCUT2D eigenvalue weighted by Crippen LogP contribution is -2.24. The van der Waals surface area contributed by atoms with Crippen LogP contribution in [0, 0.1) is 17.3 Å². The van der Waals surface area contributed by atoms with Crippen LogP contribution in [0.5, 0.6) is 0 Å². The van der Waals surface area contributed by atoms with Gasteiger partial charge in [0.2, 0.25) is 0 Å². The Morgan fingerprint density at radius 3 is 2.29 bits per heavy atom. The van der Waals surface area contributed by atoms with Gasteiger partial charge in [0.15, 0.2) is 0 Å². The Morgan fingerprint density at radius 2 is 1.86 bits per heavy atom. The molecule has 0 aliphatic carbocycles. The van der Waals surface area contributed by atoms with Crippen LogP contribution in [0.15, 0.2) is 12.8 Å². The lowest BCUT2D eigenvalue weighted by molar-refractivity contribution is 0.178. The largest absolute Gasteiger partial charge is 0.391 e. The second-order valence-electron chi connectivity index (χ2n) is 5.43. The molecule has 2 unspecified atom stereocenters. The third-order valence-electron chi connectivity index (χ3n) is 3.34. The maximum absolute atomic E-state index is 3.64. The zero-order valence-electron chi connectivity index (χ0n) is 10.6. The zero-order chi connectivity index (χ0) is 11.2. The van der Waals surface area contributed by atoms with Crippen LogP contribution in [0.3, 0.4) is 0 Å². The minimum Gasteiger partial charge on any atom is -0.391 e. The van der Waals surface area contributed by atoms with Crippen LogP contribution in [-0.2, 0) is 0 Å². The highest BCUT2D eigenvalue weighted by molar-refractivity contribution is 4.75. The van der Waals surface area contributed by atoms with Gasteiger partial charge in [-0.1, -0.05) is 41.2 Å². The molecule has 1 nitrogen and oxygen atoms in total. The van der Waals surface area contributed by atoms with Crippen LogP contribution in [-0.4, -0.2) is 6.54 Å². The molecule has 0 saturated carbocycles. The molecular weight excluding hydrogens is 170 g/mol. The van der Waals surface area contributed by atoms with Crippen molar-refractivity contribution >= 4 is 0 Å². The lowest BCUT2D eigenvalue weighted by Gasteiger charge is -2.32. The Labute approximate surface area is 90.0 Å². The summed E-state index contributed by atoms with van der Waals surface area (Å²) >= 11 is 0. The van der Waals surface area contributed by atoms with E-state index in [4.69, 9.17) is 0 Å². The van der Waals surface area contributed by atoms with Crippen molar-refractivity contribution < 1.29 is 0 Å². The maximum atomic E-state index is 3.64. The van der Waals surface area contributed by atoms with Crippen LogP contribution in [0.2, 0.25) is 0 Å². The van der Waals surface area contributed by atoms with E-state index >= 15 is 0 Å². The van der Waals surface area contributed by atoms with Gasteiger partial charge < -0.3 is 5.32 Å². The summed E-state index contributed by atoms with van der Waals surface area (Å²) in [6.45, 7) is 16.4. The fourth-order valence-electron chi connectivity index (χ4n) is 1.73. The molecule has 1 N–H and O–H groups in total. The molecule has 0 fully saturated rings. The van der Waals surface area contributed by atoms with Crippen molar-refractivity contribution in [2.24, 2.45) is 17.3 Å². The Hall–Kier alpha value is -0.460. The Balaban J connectivity index is 3.73. The highest BCUT2D eigenvalue weighted by Gasteiger charge is 2.24. The average Bonchev–Trinajstić information content (AvgIpc) is 2.09. The molecule has 0 spiro atoms. The topological polar surface area (TPSA) is 12.0 Å². The number of rotatable bonds is 6. The molecule has 1 heteroatoms. The second-order valence-corrected chi connectivity index (χ2v) is 5.43. The predicted molar refractivity (Wildman–Crippen MR) is 65.2 cm³/mol. The molecule has 0 aromatic heterocycles. The maximum Gasteiger partial charge on any atom is 0.0141 e. The standard InChI is InChI=1S/C13H27N/c1-7-14-10-8-9-11(2)12(3)13(4,5)6/h7,11-12,14H,1,8-10H2,2-6H3. The molecule has 84 valence electrons. The smallest absolute Gasteiger partial charge is 0.0141 e. The van der Waals surface area contributed by atoms with Gasteiger partial charge in [-0.15, -0.1) is 0 Å². The molecule has 0 aliphatic rings. The molecule has 0 aromatic carbocycles. The van der Waals surface area contributed by atoms with E-state index < -0.39 is 0 Å². The van der Waals surface area contributed by atoms with Gasteiger partial charge in [0.25, 0.3) is 0 Å². The van der Waals surface area contributed by atoms with E-state index in [1.807, 2.05) is 0 Å². The quantitative estimate of drug-likeness (QED) is 0.638. The van der Waals surface area contributed by atoms with E-state index in [1.165, 1.54) is 12.8 Å². The molecule has 0 bridgehead atoms. The SMILES string of the molecule is C=CNCCCC(C)C(C)C(C)(C)C. The summed E-state index contributed by atoms with van der Waals surface area (Å²) in [4.78, 5) is 0. The van der Waals surface area contributed by atoms with Crippen LogP contribution in [0.1, 0.15) is 47.5 Å². The number of hydrogen-bond acceptors (Lipinski definition) is 1. The van der Waals surface area contributed by atoms with Crippen molar-refractivity contribution in [2.45, 2.75) is 47.5 Å². The van der Waals surface area contributed by atoms with Gasteiger partial charge in [-0.25, -0.2) is 0 Å². The first-order valence-corrected chi connectivity index (χ1v) is 5.74. The Morgan fingerprint density at radius 1 is 1.29 bits per heavy atom. The first kappa shape index (κ1) is 13.5. The molecule has 0 amide bonds. The fourth-order valence-corrected chi connectivity index (χ4v) is 1.73. The molecule has 2 atom stereocenters. The van der Waals surface area contributed by atoms with Crippen molar-refractivity contribution in [1.29, 1.82) is 0 Å². The second kappa shape index (κ2) is 6.10. The monoisotopic (exact) mass is 197 g/mol. The van der Waals surface area contributed by atoms with E-state index in [9.17, 15) is 0 Å². The number of hydrogen-bond donors (Lipinski definition) is 1. The van der Waals surface area contributed by atoms with Gasteiger partial charge in [0.1, 0.15) is 0 Å². The molecule has 0 saturated heterocycles. The van der Waals surface area contributed by atoms with Crippen molar-refractivity contribution in [1.82, 2.24) is 5.32 Å². The third kappa shape index (κ3) is 5.31. The minimum absolute atomic E-state index is 0.436. The van der Waals surface area contributed by atoms with E-state index in [1.54, 1.807) is 6.20 Å². The van der Waals surface area contributed by atoms with Crippen molar-refractivity contribution in [2.75, 3.05) is 6.54 Å². The van der Waals surface area contributed by atoms with Crippen LogP contribution in [0.25, 0.3) is 0 Å². The van der Waals surface area contributed by atoms with Gasteiger partial charge in [0, 0.05) is 6.54 Å². The van der Waals surface area contributed by atoms with Gasteiger partial charge in [0.05, 0.1) is 0 Å². The summed E-state index contributed by atoms with van der Waals surface area (Å²) in [6, 6.07) is 0. The van der Waals surface area contributed by atoms with E-state index in [-0.39, 0.29) is 0 Å². The summed E-state index contributed by atoms with van der Waals surface area (Å²) in [6.07, 6.45) is 4.32. The third-order valence-corrected chi connectivity index (χ3v) is 3.34. The van der Waals surface area contributed by atoms with Gasteiger partial charge in [-0.05, 0) is 36.3 Å². The minimum atomic E-state index is 0.436. The van der Waals surface area contributed by atoms with Crippen LogP contribution in [0.4, 0.5) is 0 Å². The van der Waals surface area contributed by atoms with E-state index in [0.29, 0.717) is 5.41 Å². The van der Waals surface area contributed by atoms with Crippen LogP contribution >= 0.6 is 0 Å². The Kier molecular flexibility index (Phi) is 5.90. The Bertz CT molecular complexity index is 155. The van der Waals surface area contributed by atoms with Gasteiger partial charge in [-0.3, -0.25) is 0 Å². The van der Waals surface area contributed by atoms with Crippen molar-refractivity contribution in [3.05, 3.63) is 12.8 Å². The fraction of sp³-hybridized carbons (Fsp3) is 0.846. The summed E-state index contributed by atoms with van der Waals surface area (Å²) in [7, 11) is 0. The molecular formula is C13H27N. The summed E-state index contributed by atoms with van der Waals surface area (Å²) < 4.78 is 0. The van der Waals surface area contributed by atoms with E-state index in [2.05, 4.69) is 46.5 Å². The lowest BCUT2D eigenvalue weighted by atomic mass is 9.74. The number of nitrogens with one attached hydrogen (secondary N) is 1.